The number of rotatable bonds is 3. The Morgan fingerprint density at radius 2 is 2.05 bits per heavy atom. The maximum atomic E-state index is 11.5. The summed E-state index contributed by atoms with van der Waals surface area (Å²) in [5.74, 6) is -0.232. The molecule has 0 bridgehead atoms. The number of hydrogen-bond acceptors (Lipinski definition) is 5. The zero-order chi connectivity index (χ0) is 14.7. The summed E-state index contributed by atoms with van der Waals surface area (Å²) in [7, 11) is 1.26. The summed E-state index contributed by atoms with van der Waals surface area (Å²) >= 11 is 11.8. The predicted octanol–water partition coefficient (Wildman–Crippen LogP) is 3.55. The van der Waals surface area contributed by atoms with E-state index in [1.165, 1.54) is 25.4 Å². The standard InChI is InChI=1S/C13H10Cl2N2O3/c1-19-13(18)8-4-5-17-12(11(8)16)20-10-6-7(14)2-3-9(10)15/h2-6H,16H2,1H3. The van der Waals surface area contributed by atoms with Gasteiger partial charge in [0, 0.05) is 17.3 Å². The van der Waals surface area contributed by atoms with Crippen molar-refractivity contribution in [2.45, 2.75) is 0 Å². The predicted molar refractivity (Wildman–Crippen MR) is 76.5 cm³/mol. The Morgan fingerprint density at radius 3 is 2.75 bits per heavy atom. The van der Waals surface area contributed by atoms with Gasteiger partial charge in [-0.25, -0.2) is 9.78 Å². The van der Waals surface area contributed by atoms with Gasteiger partial charge in [0.25, 0.3) is 0 Å². The fourth-order valence-corrected chi connectivity index (χ4v) is 1.80. The quantitative estimate of drug-likeness (QED) is 0.877. The molecule has 0 aliphatic heterocycles. The van der Waals surface area contributed by atoms with Crippen LogP contribution < -0.4 is 10.5 Å². The van der Waals surface area contributed by atoms with Gasteiger partial charge in [0.1, 0.15) is 11.4 Å². The Morgan fingerprint density at radius 1 is 1.30 bits per heavy atom. The summed E-state index contributed by atoms with van der Waals surface area (Å²) in [5.41, 5.74) is 6.06. The molecule has 0 spiro atoms. The van der Waals surface area contributed by atoms with Crippen LogP contribution >= 0.6 is 23.2 Å². The zero-order valence-electron chi connectivity index (χ0n) is 10.4. The van der Waals surface area contributed by atoms with Crippen molar-refractivity contribution in [3.63, 3.8) is 0 Å². The van der Waals surface area contributed by atoms with Crippen molar-refractivity contribution in [3.05, 3.63) is 46.1 Å². The second-order valence-corrected chi connectivity index (χ2v) is 4.59. The first-order valence-corrected chi connectivity index (χ1v) is 6.24. The summed E-state index contributed by atoms with van der Waals surface area (Å²) < 4.78 is 10.1. The summed E-state index contributed by atoms with van der Waals surface area (Å²) in [6, 6.07) is 6.17. The second-order valence-electron chi connectivity index (χ2n) is 3.75. The van der Waals surface area contributed by atoms with Gasteiger partial charge in [0.15, 0.2) is 0 Å². The van der Waals surface area contributed by atoms with Crippen molar-refractivity contribution in [3.8, 4) is 11.6 Å². The van der Waals surface area contributed by atoms with E-state index in [0.29, 0.717) is 15.8 Å². The molecule has 0 aliphatic carbocycles. The van der Waals surface area contributed by atoms with Crippen molar-refractivity contribution >= 4 is 34.9 Å². The zero-order valence-corrected chi connectivity index (χ0v) is 11.9. The van der Waals surface area contributed by atoms with Crippen LogP contribution in [0.25, 0.3) is 0 Å². The van der Waals surface area contributed by atoms with Crippen molar-refractivity contribution in [2.75, 3.05) is 12.8 Å². The average Bonchev–Trinajstić information content (AvgIpc) is 2.44. The summed E-state index contributed by atoms with van der Waals surface area (Å²) in [6.07, 6.45) is 1.39. The molecule has 0 unspecified atom stereocenters. The number of benzene rings is 1. The average molecular weight is 313 g/mol. The number of nitrogens with two attached hydrogens (primary N) is 1. The summed E-state index contributed by atoms with van der Waals surface area (Å²) in [4.78, 5) is 15.5. The smallest absolute Gasteiger partial charge is 0.340 e. The number of aromatic nitrogens is 1. The topological polar surface area (TPSA) is 74.4 Å². The molecule has 104 valence electrons. The van der Waals surface area contributed by atoms with Gasteiger partial charge in [-0.3, -0.25) is 0 Å². The Kier molecular flexibility index (Phi) is 4.32. The number of halogens is 2. The Labute approximate surface area is 125 Å². The van der Waals surface area contributed by atoms with E-state index < -0.39 is 5.97 Å². The van der Waals surface area contributed by atoms with Crippen LogP contribution in [0.5, 0.6) is 11.6 Å². The lowest BCUT2D eigenvalue weighted by Crippen LogP contribution is -2.07. The molecule has 0 aliphatic rings. The van der Waals surface area contributed by atoms with Crippen LogP contribution in [-0.2, 0) is 4.74 Å². The van der Waals surface area contributed by atoms with Gasteiger partial charge >= 0.3 is 5.97 Å². The molecule has 0 saturated heterocycles. The number of anilines is 1. The number of hydrogen-bond donors (Lipinski definition) is 1. The van der Waals surface area contributed by atoms with Gasteiger partial charge in [0.05, 0.1) is 17.7 Å². The van der Waals surface area contributed by atoms with E-state index in [2.05, 4.69) is 9.72 Å². The Balaban J connectivity index is 2.39. The molecule has 0 radical (unpaired) electrons. The lowest BCUT2D eigenvalue weighted by atomic mass is 10.2. The molecule has 0 amide bonds. The molecular formula is C13H10Cl2N2O3. The molecule has 0 fully saturated rings. The van der Waals surface area contributed by atoms with Crippen LogP contribution in [-0.4, -0.2) is 18.1 Å². The highest BCUT2D eigenvalue weighted by atomic mass is 35.5. The number of nitrogens with zero attached hydrogens (tertiary/aromatic N) is 1. The number of methoxy groups -OCH3 is 1. The maximum Gasteiger partial charge on any atom is 0.340 e. The van der Waals surface area contributed by atoms with E-state index in [1.54, 1.807) is 12.1 Å². The Hall–Kier alpha value is -1.98. The number of pyridine rings is 1. The van der Waals surface area contributed by atoms with E-state index in [0.717, 1.165) is 0 Å². The third kappa shape index (κ3) is 2.95. The first kappa shape index (κ1) is 14.4. The lowest BCUT2D eigenvalue weighted by Gasteiger charge is -2.11. The first-order valence-electron chi connectivity index (χ1n) is 5.48. The molecule has 1 aromatic carbocycles. The highest BCUT2D eigenvalue weighted by molar-refractivity contribution is 6.34. The third-order valence-electron chi connectivity index (χ3n) is 2.46. The number of carbonyl (C=O) groups is 1. The highest BCUT2D eigenvalue weighted by Gasteiger charge is 2.16. The molecule has 1 heterocycles. The van der Waals surface area contributed by atoms with Gasteiger partial charge < -0.3 is 15.2 Å². The summed E-state index contributed by atoms with van der Waals surface area (Å²) in [5, 5.41) is 0.797. The fraction of sp³-hybridized carbons (Fsp3) is 0.0769. The first-order chi connectivity index (χ1) is 9.52. The molecule has 20 heavy (non-hydrogen) atoms. The molecule has 0 saturated carbocycles. The highest BCUT2D eigenvalue weighted by Crippen LogP contribution is 2.34. The van der Waals surface area contributed by atoms with Crippen LogP contribution in [0.4, 0.5) is 5.69 Å². The summed E-state index contributed by atoms with van der Waals surface area (Å²) in [6.45, 7) is 0. The van der Waals surface area contributed by atoms with E-state index in [-0.39, 0.29) is 17.1 Å². The van der Waals surface area contributed by atoms with E-state index in [1.807, 2.05) is 0 Å². The number of nitrogen functional groups attached to an aromatic ring is 1. The molecule has 2 N–H and O–H groups in total. The SMILES string of the molecule is COC(=O)c1ccnc(Oc2cc(Cl)ccc2Cl)c1N. The number of esters is 1. The van der Waals surface area contributed by atoms with Gasteiger partial charge in [-0.2, -0.15) is 0 Å². The van der Waals surface area contributed by atoms with Crippen LogP contribution in [0.15, 0.2) is 30.5 Å². The van der Waals surface area contributed by atoms with Crippen molar-refractivity contribution in [1.29, 1.82) is 0 Å². The van der Waals surface area contributed by atoms with E-state index >= 15 is 0 Å². The minimum Gasteiger partial charge on any atom is -0.465 e. The Bertz CT molecular complexity index is 662. The molecule has 2 aromatic rings. The number of ether oxygens (including phenoxy) is 2. The van der Waals surface area contributed by atoms with Gasteiger partial charge in [-0.1, -0.05) is 23.2 Å². The minimum atomic E-state index is -0.577. The van der Waals surface area contributed by atoms with E-state index in [4.69, 9.17) is 33.7 Å². The fourth-order valence-electron chi connectivity index (χ4n) is 1.48. The van der Waals surface area contributed by atoms with Crippen LogP contribution in [0.1, 0.15) is 10.4 Å². The molecule has 5 nitrogen and oxygen atoms in total. The van der Waals surface area contributed by atoms with Gasteiger partial charge in [0.2, 0.25) is 5.88 Å². The van der Waals surface area contributed by atoms with Crippen molar-refractivity contribution < 1.29 is 14.3 Å². The van der Waals surface area contributed by atoms with Crippen molar-refractivity contribution in [1.82, 2.24) is 4.98 Å². The van der Waals surface area contributed by atoms with Crippen LogP contribution in [0, 0.1) is 0 Å². The van der Waals surface area contributed by atoms with E-state index in [9.17, 15) is 4.79 Å². The number of carbonyl (C=O) groups excluding carboxylic acids is 1. The maximum absolute atomic E-state index is 11.5. The molecule has 0 atom stereocenters. The van der Waals surface area contributed by atoms with Crippen LogP contribution in [0.2, 0.25) is 10.0 Å². The minimum absolute atomic E-state index is 0.0528. The van der Waals surface area contributed by atoms with Gasteiger partial charge in [-0.05, 0) is 18.2 Å². The van der Waals surface area contributed by atoms with Gasteiger partial charge in [-0.15, -0.1) is 0 Å². The van der Waals surface area contributed by atoms with Crippen LogP contribution in [0.3, 0.4) is 0 Å². The largest absolute Gasteiger partial charge is 0.465 e. The second kappa shape index (κ2) is 5.98. The normalized spacial score (nSPS) is 10.2. The molecular weight excluding hydrogens is 303 g/mol. The molecule has 7 heteroatoms. The third-order valence-corrected chi connectivity index (χ3v) is 3.01. The monoisotopic (exact) mass is 312 g/mol. The van der Waals surface area contributed by atoms with Crippen molar-refractivity contribution in [2.24, 2.45) is 0 Å². The molecule has 2 rings (SSSR count). The molecule has 1 aromatic heterocycles. The lowest BCUT2D eigenvalue weighted by molar-refractivity contribution is 0.0601.